The zero-order valence-corrected chi connectivity index (χ0v) is 14.3. The van der Waals surface area contributed by atoms with Gasteiger partial charge in [-0.1, -0.05) is 23.7 Å². The lowest BCUT2D eigenvalue weighted by Crippen LogP contribution is -2.11. The van der Waals surface area contributed by atoms with Crippen molar-refractivity contribution in [3.8, 4) is 10.6 Å². The largest absolute Gasteiger partial charge is 0.433 e. The van der Waals surface area contributed by atoms with Gasteiger partial charge in [0.05, 0.1) is 20.5 Å². The summed E-state index contributed by atoms with van der Waals surface area (Å²) in [6.07, 6.45) is -4.48. The van der Waals surface area contributed by atoms with Crippen LogP contribution in [0.1, 0.15) is 15.4 Å². The molecule has 2 heterocycles. The van der Waals surface area contributed by atoms with E-state index in [1.165, 1.54) is 13.1 Å². The predicted molar refractivity (Wildman–Crippen MR) is 90.9 cm³/mol. The molecule has 1 aromatic carbocycles. The van der Waals surface area contributed by atoms with Crippen LogP contribution in [0.15, 0.2) is 42.5 Å². The number of nitrogens with one attached hydrogen (secondary N) is 1. The Hall–Kier alpha value is -2.32. The van der Waals surface area contributed by atoms with Crippen LogP contribution in [0.4, 0.5) is 18.9 Å². The lowest BCUT2D eigenvalue weighted by molar-refractivity contribution is -0.143. The van der Waals surface area contributed by atoms with Crippen molar-refractivity contribution in [2.75, 3.05) is 5.32 Å². The number of carbonyl (C=O) groups excluding carboxylic acids is 1. The smallest absolute Gasteiger partial charge is 0.320 e. The molecular formula is C16H11ClF3N3OS. The molecule has 0 spiro atoms. The predicted octanol–water partition coefficient (Wildman–Crippen LogP) is 5.07. The summed E-state index contributed by atoms with van der Waals surface area (Å²) in [6.45, 7) is 0. The highest BCUT2D eigenvalue weighted by atomic mass is 35.5. The van der Waals surface area contributed by atoms with Gasteiger partial charge in [-0.2, -0.15) is 18.3 Å². The van der Waals surface area contributed by atoms with E-state index in [1.807, 2.05) is 0 Å². The third-order valence-corrected chi connectivity index (χ3v) is 4.81. The van der Waals surface area contributed by atoms with Crippen LogP contribution in [0.2, 0.25) is 5.02 Å². The number of nitrogens with zero attached hydrogens (tertiary/aromatic N) is 2. The van der Waals surface area contributed by atoms with Crippen molar-refractivity contribution in [2.45, 2.75) is 6.18 Å². The quantitative estimate of drug-likeness (QED) is 0.684. The van der Waals surface area contributed by atoms with Gasteiger partial charge in [0.25, 0.3) is 5.91 Å². The fourth-order valence-electron chi connectivity index (χ4n) is 2.20. The number of aryl methyl sites for hydroxylation is 1. The van der Waals surface area contributed by atoms with Crippen molar-refractivity contribution in [3.63, 3.8) is 0 Å². The maximum absolute atomic E-state index is 12.9. The average molecular weight is 386 g/mol. The maximum Gasteiger partial charge on any atom is 0.433 e. The SMILES string of the molecule is Cn1nc(-c2ccc(C(=O)Nc3ccccc3Cl)s2)cc1C(F)(F)F. The minimum Gasteiger partial charge on any atom is -0.320 e. The number of benzene rings is 1. The summed E-state index contributed by atoms with van der Waals surface area (Å²) < 4.78 is 39.3. The molecular weight excluding hydrogens is 375 g/mol. The molecule has 0 radical (unpaired) electrons. The number of alkyl halides is 3. The lowest BCUT2D eigenvalue weighted by Gasteiger charge is -2.04. The van der Waals surface area contributed by atoms with Gasteiger partial charge in [0.2, 0.25) is 0 Å². The second-order valence-electron chi connectivity index (χ2n) is 5.13. The molecule has 0 aliphatic rings. The van der Waals surface area contributed by atoms with Gasteiger partial charge in [-0.05, 0) is 30.3 Å². The highest BCUT2D eigenvalue weighted by Crippen LogP contribution is 2.34. The van der Waals surface area contributed by atoms with E-state index in [0.717, 1.165) is 22.1 Å². The summed E-state index contributed by atoms with van der Waals surface area (Å²) >= 11 is 7.04. The van der Waals surface area contributed by atoms with Gasteiger partial charge < -0.3 is 5.32 Å². The Morgan fingerprint density at radius 2 is 1.96 bits per heavy atom. The van der Waals surface area contributed by atoms with Gasteiger partial charge >= 0.3 is 6.18 Å². The average Bonchev–Trinajstić information content (AvgIpc) is 3.15. The lowest BCUT2D eigenvalue weighted by atomic mass is 10.3. The van der Waals surface area contributed by atoms with E-state index >= 15 is 0 Å². The van der Waals surface area contributed by atoms with Crippen molar-refractivity contribution in [1.29, 1.82) is 0 Å². The van der Waals surface area contributed by atoms with Crippen molar-refractivity contribution in [3.05, 3.63) is 58.1 Å². The third kappa shape index (κ3) is 3.69. The van der Waals surface area contributed by atoms with Crippen molar-refractivity contribution < 1.29 is 18.0 Å². The van der Waals surface area contributed by atoms with Crippen LogP contribution in [0.5, 0.6) is 0 Å². The molecule has 0 aliphatic carbocycles. The van der Waals surface area contributed by atoms with Crippen LogP contribution in [-0.2, 0) is 13.2 Å². The van der Waals surface area contributed by atoms with Crippen LogP contribution in [0, 0.1) is 0 Å². The molecule has 0 saturated heterocycles. The summed E-state index contributed by atoms with van der Waals surface area (Å²) in [5.41, 5.74) is -0.226. The molecule has 25 heavy (non-hydrogen) atoms. The van der Waals surface area contributed by atoms with E-state index < -0.39 is 17.8 Å². The Balaban J connectivity index is 1.83. The first-order valence-corrected chi connectivity index (χ1v) is 8.22. The Bertz CT molecular complexity index is 933. The number of thiophene rings is 1. The Morgan fingerprint density at radius 3 is 2.60 bits per heavy atom. The molecule has 0 bridgehead atoms. The molecule has 0 fully saturated rings. The van der Waals surface area contributed by atoms with E-state index in [2.05, 4.69) is 10.4 Å². The number of hydrogen-bond acceptors (Lipinski definition) is 3. The standard InChI is InChI=1S/C16H11ClF3N3OS/c1-23-14(16(18,19)20)8-11(22-23)12-6-7-13(25-12)15(24)21-10-5-3-2-4-9(10)17/h2-8H,1H3,(H,21,24). The van der Waals surface area contributed by atoms with Gasteiger partial charge in [-0.3, -0.25) is 9.48 Å². The second-order valence-corrected chi connectivity index (χ2v) is 6.63. The molecule has 1 N–H and O–H groups in total. The number of para-hydroxylation sites is 1. The molecule has 0 atom stereocenters. The molecule has 1 amide bonds. The van der Waals surface area contributed by atoms with Gasteiger partial charge in [0.1, 0.15) is 11.4 Å². The number of aromatic nitrogens is 2. The summed E-state index contributed by atoms with van der Waals surface area (Å²) in [5.74, 6) is -0.392. The minimum absolute atomic E-state index is 0.164. The number of amides is 1. The van der Waals surface area contributed by atoms with E-state index in [9.17, 15) is 18.0 Å². The van der Waals surface area contributed by atoms with Crippen LogP contribution in [0.25, 0.3) is 10.6 Å². The summed E-state index contributed by atoms with van der Waals surface area (Å²) in [5, 5.41) is 6.93. The third-order valence-electron chi connectivity index (χ3n) is 3.37. The molecule has 0 aliphatic heterocycles. The Morgan fingerprint density at radius 1 is 1.24 bits per heavy atom. The van der Waals surface area contributed by atoms with Crippen molar-refractivity contribution >= 4 is 34.5 Å². The normalized spacial score (nSPS) is 11.6. The monoisotopic (exact) mass is 385 g/mol. The van der Waals surface area contributed by atoms with Crippen molar-refractivity contribution in [1.82, 2.24) is 9.78 Å². The first kappa shape index (κ1) is 17.5. The number of carbonyl (C=O) groups is 1. The Labute approximate surface area is 149 Å². The fraction of sp³-hybridized carbons (Fsp3) is 0.125. The number of rotatable bonds is 3. The van der Waals surface area contributed by atoms with Crippen LogP contribution < -0.4 is 5.32 Å². The van der Waals surface area contributed by atoms with E-state index in [1.54, 1.807) is 30.3 Å². The molecule has 4 nitrogen and oxygen atoms in total. The molecule has 0 unspecified atom stereocenters. The Kier molecular flexibility index (Phi) is 4.57. The zero-order valence-electron chi connectivity index (χ0n) is 12.8. The van der Waals surface area contributed by atoms with Gasteiger partial charge in [0.15, 0.2) is 0 Å². The van der Waals surface area contributed by atoms with Gasteiger partial charge in [0, 0.05) is 7.05 Å². The molecule has 2 aromatic heterocycles. The summed E-state index contributed by atoms with van der Waals surface area (Å²) in [6, 6.07) is 10.8. The highest BCUT2D eigenvalue weighted by molar-refractivity contribution is 7.17. The number of halogens is 4. The highest BCUT2D eigenvalue weighted by Gasteiger charge is 2.35. The number of hydrogen-bond donors (Lipinski definition) is 1. The molecule has 9 heteroatoms. The zero-order chi connectivity index (χ0) is 18.2. The van der Waals surface area contributed by atoms with Crippen LogP contribution in [-0.4, -0.2) is 15.7 Å². The fourth-order valence-corrected chi connectivity index (χ4v) is 3.24. The summed E-state index contributed by atoms with van der Waals surface area (Å²) in [4.78, 5) is 13.1. The molecule has 130 valence electrons. The maximum atomic E-state index is 12.9. The topological polar surface area (TPSA) is 46.9 Å². The molecule has 3 rings (SSSR count). The van der Waals surface area contributed by atoms with Gasteiger partial charge in [-0.25, -0.2) is 0 Å². The summed E-state index contributed by atoms with van der Waals surface area (Å²) in [7, 11) is 1.23. The van der Waals surface area contributed by atoms with E-state index in [0.29, 0.717) is 20.5 Å². The number of anilines is 1. The van der Waals surface area contributed by atoms with Gasteiger partial charge in [-0.15, -0.1) is 11.3 Å². The van der Waals surface area contributed by atoms with E-state index in [-0.39, 0.29) is 5.69 Å². The van der Waals surface area contributed by atoms with E-state index in [4.69, 9.17) is 11.6 Å². The molecule has 0 saturated carbocycles. The van der Waals surface area contributed by atoms with Crippen molar-refractivity contribution in [2.24, 2.45) is 7.05 Å². The first-order valence-electron chi connectivity index (χ1n) is 7.03. The minimum atomic E-state index is -4.48. The first-order chi connectivity index (χ1) is 11.8. The van der Waals surface area contributed by atoms with Crippen LogP contribution >= 0.6 is 22.9 Å². The molecule has 3 aromatic rings. The second kappa shape index (κ2) is 6.53. The van der Waals surface area contributed by atoms with Crippen LogP contribution in [0.3, 0.4) is 0 Å².